The summed E-state index contributed by atoms with van der Waals surface area (Å²) in [7, 11) is 0. The van der Waals surface area contributed by atoms with Gasteiger partial charge in [-0.05, 0) is 31.5 Å². The lowest BCUT2D eigenvalue weighted by molar-refractivity contribution is -0.121. The third-order valence-electron chi connectivity index (χ3n) is 3.17. The molecule has 1 aromatic carbocycles. The lowest BCUT2D eigenvalue weighted by Crippen LogP contribution is -2.23. The summed E-state index contributed by atoms with van der Waals surface area (Å²) >= 11 is 0. The van der Waals surface area contributed by atoms with E-state index in [-0.39, 0.29) is 5.91 Å². The van der Waals surface area contributed by atoms with Crippen LogP contribution in [0.5, 0.6) is 11.6 Å². The summed E-state index contributed by atoms with van der Waals surface area (Å²) in [5.41, 5.74) is 0.878. The number of ether oxygens (including phenoxy) is 2. The summed E-state index contributed by atoms with van der Waals surface area (Å²) < 4.78 is 11.0. The summed E-state index contributed by atoms with van der Waals surface area (Å²) in [6.07, 6.45) is 2.78. The number of amides is 1. The van der Waals surface area contributed by atoms with Crippen molar-refractivity contribution in [1.29, 1.82) is 0 Å². The number of nitrogens with one attached hydrogen (secondary N) is 1. The lowest BCUT2D eigenvalue weighted by Gasteiger charge is -2.10. The molecule has 0 atom stereocenters. The second kappa shape index (κ2) is 9.46. The van der Waals surface area contributed by atoms with Crippen molar-refractivity contribution >= 4 is 5.91 Å². The van der Waals surface area contributed by atoms with Gasteiger partial charge in [-0.3, -0.25) is 4.79 Å². The fraction of sp³-hybridized carbons (Fsp3) is 0.333. The lowest BCUT2D eigenvalue weighted by atomic mass is 10.2. The average molecular weight is 314 g/mol. The molecule has 1 heterocycles. The van der Waals surface area contributed by atoms with Crippen LogP contribution in [0, 0.1) is 0 Å². The molecule has 23 heavy (non-hydrogen) atoms. The van der Waals surface area contributed by atoms with Gasteiger partial charge in [0.25, 0.3) is 0 Å². The molecule has 0 spiro atoms. The van der Waals surface area contributed by atoms with E-state index in [1.807, 2.05) is 49.4 Å². The molecule has 5 nitrogen and oxygen atoms in total. The monoisotopic (exact) mass is 314 g/mol. The Morgan fingerprint density at radius 1 is 1.13 bits per heavy atom. The first-order valence-corrected chi connectivity index (χ1v) is 7.81. The maximum Gasteiger partial charge on any atom is 0.220 e. The second-order valence-corrected chi connectivity index (χ2v) is 4.94. The second-order valence-electron chi connectivity index (χ2n) is 4.94. The number of hydrogen-bond donors (Lipinski definition) is 1. The Kier molecular flexibility index (Phi) is 6.91. The number of nitrogens with zero attached hydrogens (tertiary/aromatic N) is 1. The third-order valence-corrected chi connectivity index (χ3v) is 3.17. The molecule has 1 amide bonds. The first-order valence-electron chi connectivity index (χ1n) is 7.81. The van der Waals surface area contributed by atoms with Crippen LogP contribution < -0.4 is 14.8 Å². The standard InChI is InChI=1S/C18H22N2O3/c1-2-22-18-15(8-6-12-19-18)14-20-17(21)11-7-13-23-16-9-4-3-5-10-16/h3-6,8-10,12H,2,7,11,13-14H2,1H3,(H,20,21). The molecule has 0 fully saturated rings. The Balaban J connectivity index is 1.67. The van der Waals surface area contributed by atoms with E-state index in [0.717, 1.165) is 11.3 Å². The van der Waals surface area contributed by atoms with Gasteiger partial charge < -0.3 is 14.8 Å². The topological polar surface area (TPSA) is 60.5 Å². The van der Waals surface area contributed by atoms with Crippen LogP contribution in [0.3, 0.4) is 0 Å². The summed E-state index contributed by atoms with van der Waals surface area (Å²) in [5, 5.41) is 2.88. The van der Waals surface area contributed by atoms with Crippen LogP contribution in [0.2, 0.25) is 0 Å². The molecule has 5 heteroatoms. The average Bonchev–Trinajstić information content (AvgIpc) is 2.59. The Labute approximate surface area is 136 Å². The van der Waals surface area contributed by atoms with Crippen LogP contribution in [-0.4, -0.2) is 24.1 Å². The minimum Gasteiger partial charge on any atom is -0.494 e. The highest BCUT2D eigenvalue weighted by Crippen LogP contribution is 2.14. The van der Waals surface area contributed by atoms with Gasteiger partial charge in [0, 0.05) is 24.7 Å². The SMILES string of the molecule is CCOc1ncccc1CNC(=O)CCCOc1ccccc1. The van der Waals surface area contributed by atoms with Crippen molar-refractivity contribution in [3.8, 4) is 11.6 Å². The van der Waals surface area contributed by atoms with E-state index in [1.165, 1.54) is 0 Å². The van der Waals surface area contributed by atoms with E-state index in [1.54, 1.807) is 6.20 Å². The highest BCUT2D eigenvalue weighted by Gasteiger charge is 2.06. The predicted octanol–water partition coefficient (Wildman–Crippen LogP) is 2.96. The number of carbonyl (C=O) groups excluding carboxylic acids is 1. The molecule has 1 N–H and O–H groups in total. The first-order chi connectivity index (χ1) is 11.3. The molecule has 0 saturated heterocycles. The molecule has 1 aromatic heterocycles. The summed E-state index contributed by atoms with van der Waals surface area (Å²) in [6.45, 7) is 3.40. The molecular weight excluding hydrogens is 292 g/mol. The van der Waals surface area contributed by atoms with Crippen molar-refractivity contribution in [3.63, 3.8) is 0 Å². The highest BCUT2D eigenvalue weighted by molar-refractivity contribution is 5.75. The Hall–Kier alpha value is -2.56. The largest absolute Gasteiger partial charge is 0.494 e. The number of pyridine rings is 1. The van der Waals surface area contributed by atoms with Gasteiger partial charge in [0.2, 0.25) is 11.8 Å². The normalized spacial score (nSPS) is 10.1. The van der Waals surface area contributed by atoms with Crippen LogP contribution in [0.1, 0.15) is 25.3 Å². The van der Waals surface area contributed by atoms with E-state index in [2.05, 4.69) is 10.3 Å². The summed E-state index contributed by atoms with van der Waals surface area (Å²) in [6, 6.07) is 13.3. The van der Waals surface area contributed by atoms with Crippen molar-refractivity contribution in [2.45, 2.75) is 26.3 Å². The third kappa shape index (κ3) is 5.98. The molecule has 2 aromatic rings. The zero-order chi connectivity index (χ0) is 16.3. The molecule has 0 aliphatic carbocycles. The van der Waals surface area contributed by atoms with E-state index in [0.29, 0.717) is 38.5 Å². The first kappa shape index (κ1) is 16.8. The van der Waals surface area contributed by atoms with Gasteiger partial charge in [0.15, 0.2) is 0 Å². The molecule has 0 saturated carbocycles. The number of carbonyl (C=O) groups is 1. The number of benzene rings is 1. The van der Waals surface area contributed by atoms with Gasteiger partial charge in [0.1, 0.15) is 5.75 Å². The van der Waals surface area contributed by atoms with Crippen LogP contribution in [0.25, 0.3) is 0 Å². The fourth-order valence-corrected chi connectivity index (χ4v) is 2.05. The highest BCUT2D eigenvalue weighted by atomic mass is 16.5. The van der Waals surface area contributed by atoms with Crippen molar-refractivity contribution in [3.05, 3.63) is 54.2 Å². The number of aromatic nitrogens is 1. The van der Waals surface area contributed by atoms with Crippen molar-refractivity contribution < 1.29 is 14.3 Å². The Morgan fingerprint density at radius 2 is 1.96 bits per heavy atom. The smallest absolute Gasteiger partial charge is 0.220 e. The maximum atomic E-state index is 11.9. The molecule has 122 valence electrons. The van der Waals surface area contributed by atoms with E-state index >= 15 is 0 Å². The Bertz CT molecular complexity index is 602. The molecule has 0 aliphatic heterocycles. The van der Waals surface area contributed by atoms with Crippen molar-refractivity contribution in [1.82, 2.24) is 10.3 Å². The van der Waals surface area contributed by atoms with E-state index in [9.17, 15) is 4.79 Å². The fourth-order valence-electron chi connectivity index (χ4n) is 2.05. The minimum absolute atomic E-state index is 0.00652. The van der Waals surface area contributed by atoms with Crippen LogP contribution in [0.4, 0.5) is 0 Å². The van der Waals surface area contributed by atoms with Crippen LogP contribution in [-0.2, 0) is 11.3 Å². The maximum absolute atomic E-state index is 11.9. The number of para-hydroxylation sites is 1. The van der Waals surface area contributed by atoms with E-state index < -0.39 is 0 Å². The molecular formula is C18H22N2O3. The molecule has 0 radical (unpaired) electrons. The zero-order valence-corrected chi connectivity index (χ0v) is 13.3. The van der Waals surface area contributed by atoms with Gasteiger partial charge in [-0.2, -0.15) is 0 Å². The molecule has 0 unspecified atom stereocenters. The molecule has 0 bridgehead atoms. The number of hydrogen-bond acceptors (Lipinski definition) is 4. The Morgan fingerprint density at radius 3 is 2.74 bits per heavy atom. The molecule has 0 aliphatic rings. The number of rotatable bonds is 9. The van der Waals surface area contributed by atoms with Gasteiger partial charge in [0.05, 0.1) is 13.2 Å². The summed E-state index contributed by atoms with van der Waals surface area (Å²) in [5.74, 6) is 1.39. The minimum atomic E-state index is -0.00652. The predicted molar refractivity (Wildman–Crippen MR) is 88.4 cm³/mol. The van der Waals surface area contributed by atoms with Gasteiger partial charge in [-0.15, -0.1) is 0 Å². The van der Waals surface area contributed by atoms with Gasteiger partial charge in [-0.25, -0.2) is 4.98 Å². The van der Waals surface area contributed by atoms with Gasteiger partial charge in [-0.1, -0.05) is 24.3 Å². The summed E-state index contributed by atoms with van der Waals surface area (Å²) in [4.78, 5) is 16.0. The van der Waals surface area contributed by atoms with E-state index in [4.69, 9.17) is 9.47 Å². The quantitative estimate of drug-likeness (QED) is 0.723. The van der Waals surface area contributed by atoms with Crippen LogP contribution >= 0.6 is 0 Å². The van der Waals surface area contributed by atoms with Crippen molar-refractivity contribution in [2.24, 2.45) is 0 Å². The zero-order valence-electron chi connectivity index (χ0n) is 13.3. The molecule has 2 rings (SSSR count). The van der Waals surface area contributed by atoms with Crippen molar-refractivity contribution in [2.75, 3.05) is 13.2 Å². The van der Waals surface area contributed by atoms with Crippen LogP contribution in [0.15, 0.2) is 48.7 Å². The van der Waals surface area contributed by atoms with Gasteiger partial charge >= 0.3 is 0 Å².